The Kier molecular flexibility index (Phi) is 5.34. The Morgan fingerprint density at radius 1 is 1.19 bits per heavy atom. The molecule has 1 heterocycles. The highest BCUT2D eigenvalue weighted by Crippen LogP contribution is 2.31. The Morgan fingerprint density at radius 2 is 1.93 bits per heavy atom. The number of amides is 2. The van der Waals surface area contributed by atoms with Gasteiger partial charge < -0.3 is 15.0 Å². The van der Waals surface area contributed by atoms with E-state index in [4.69, 9.17) is 4.74 Å². The van der Waals surface area contributed by atoms with Gasteiger partial charge in [0.25, 0.3) is 0 Å². The first kappa shape index (κ1) is 18.8. The molecule has 2 aromatic carbocycles. The Labute approximate surface area is 153 Å². The number of benzene rings is 2. The average molecular weight is 378 g/mol. The van der Waals surface area contributed by atoms with Crippen molar-refractivity contribution in [2.24, 2.45) is 5.92 Å². The third kappa shape index (κ3) is 3.74. The van der Waals surface area contributed by atoms with E-state index in [2.05, 4.69) is 5.32 Å². The van der Waals surface area contributed by atoms with Crippen LogP contribution in [0.4, 0.5) is 24.5 Å². The second-order valence-corrected chi connectivity index (χ2v) is 6.02. The van der Waals surface area contributed by atoms with Crippen molar-refractivity contribution < 1.29 is 27.5 Å². The first-order valence-electron chi connectivity index (χ1n) is 8.39. The van der Waals surface area contributed by atoms with Crippen molar-refractivity contribution in [2.75, 3.05) is 23.4 Å². The molecule has 1 aliphatic heterocycles. The minimum absolute atomic E-state index is 0.135. The van der Waals surface area contributed by atoms with Crippen LogP contribution in [0.1, 0.15) is 13.3 Å². The van der Waals surface area contributed by atoms with Gasteiger partial charge in [-0.1, -0.05) is 12.1 Å². The fraction of sp³-hybridized carbons (Fsp3) is 0.263. The highest BCUT2D eigenvalue weighted by molar-refractivity contribution is 6.04. The van der Waals surface area contributed by atoms with Gasteiger partial charge in [-0.15, -0.1) is 0 Å². The molecule has 142 valence electrons. The fourth-order valence-electron chi connectivity index (χ4n) is 2.93. The van der Waals surface area contributed by atoms with E-state index in [-0.39, 0.29) is 18.7 Å². The Morgan fingerprint density at radius 3 is 2.67 bits per heavy atom. The van der Waals surface area contributed by atoms with Crippen LogP contribution in [-0.2, 0) is 9.59 Å². The van der Waals surface area contributed by atoms with Crippen molar-refractivity contribution in [2.45, 2.75) is 13.3 Å². The van der Waals surface area contributed by atoms with Crippen molar-refractivity contribution >= 4 is 23.2 Å². The second-order valence-electron chi connectivity index (χ2n) is 6.02. The van der Waals surface area contributed by atoms with E-state index in [0.29, 0.717) is 18.0 Å². The van der Waals surface area contributed by atoms with E-state index in [1.807, 2.05) is 6.92 Å². The summed E-state index contributed by atoms with van der Waals surface area (Å²) in [6.07, 6.45) is -0.166. The molecule has 1 fully saturated rings. The molecule has 5 nitrogen and oxygen atoms in total. The van der Waals surface area contributed by atoms with Crippen LogP contribution in [0, 0.1) is 23.4 Å². The summed E-state index contributed by atoms with van der Waals surface area (Å²) >= 11 is 0. The lowest BCUT2D eigenvalue weighted by Crippen LogP contribution is -2.29. The first-order chi connectivity index (χ1) is 12.9. The van der Waals surface area contributed by atoms with E-state index >= 15 is 0 Å². The smallest absolute Gasteiger partial charge is 0.229 e. The first-order valence-corrected chi connectivity index (χ1v) is 8.39. The van der Waals surface area contributed by atoms with Crippen molar-refractivity contribution in [1.82, 2.24) is 0 Å². The molecule has 1 aliphatic rings. The number of halogens is 3. The molecule has 1 atom stereocenters. The maximum absolute atomic E-state index is 14.0. The Hall–Kier alpha value is -3.03. The van der Waals surface area contributed by atoms with Crippen LogP contribution in [-0.4, -0.2) is 25.0 Å². The molecular weight excluding hydrogens is 361 g/mol. The summed E-state index contributed by atoms with van der Waals surface area (Å²) in [7, 11) is 0. The number of carbonyl (C=O) groups excluding carboxylic acids is 2. The van der Waals surface area contributed by atoms with Crippen LogP contribution < -0.4 is 15.0 Å². The third-order valence-electron chi connectivity index (χ3n) is 4.25. The maximum Gasteiger partial charge on any atom is 0.229 e. The number of hydrogen-bond acceptors (Lipinski definition) is 3. The highest BCUT2D eigenvalue weighted by atomic mass is 19.2. The number of ether oxygens (including phenoxy) is 1. The summed E-state index contributed by atoms with van der Waals surface area (Å²) in [4.78, 5) is 25.7. The molecule has 8 heteroatoms. The molecule has 0 saturated carbocycles. The van der Waals surface area contributed by atoms with Crippen LogP contribution in [0.25, 0.3) is 0 Å². The minimum atomic E-state index is -1.65. The Balaban J connectivity index is 1.76. The third-order valence-corrected chi connectivity index (χ3v) is 4.25. The summed E-state index contributed by atoms with van der Waals surface area (Å²) in [6, 6.07) is 8.56. The SMILES string of the molecule is CCOc1ccccc1NC(=O)C1CC(=O)N(c2ccc(F)c(F)c2F)C1. The lowest BCUT2D eigenvalue weighted by atomic mass is 10.1. The average Bonchev–Trinajstić information content (AvgIpc) is 3.03. The summed E-state index contributed by atoms with van der Waals surface area (Å²) in [6.45, 7) is 2.09. The van der Waals surface area contributed by atoms with Gasteiger partial charge in [0.1, 0.15) is 5.75 Å². The molecule has 0 bridgehead atoms. The molecule has 0 aliphatic carbocycles. The van der Waals surface area contributed by atoms with Gasteiger partial charge in [0, 0.05) is 13.0 Å². The lowest BCUT2D eigenvalue weighted by molar-refractivity contribution is -0.122. The van der Waals surface area contributed by atoms with Crippen LogP contribution in [0.15, 0.2) is 36.4 Å². The van der Waals surface area contributed by atoms with E-state index in [9.17, 15) is 22.8 Å². The number of carbonyl (C=O) groups is 2. The number of para-hydroxylation sites is 2. The quantitative estimate of drug-likeness (QED) is 0.811. The van der Waals surface area contributed by atoms with Gasteiger partial charge in [0.15, 0.2) is 17.5 Å². The van der Waals surface area contributed by atoms with Crippen molar-refractivity contribution in [3.63, 3.8) is 0 Å². The molecule has 1 unspecified atom stereocenters. The number of anilines is 2. The van der Waals surface area contributed by atoms with Gasteiger partial charge >= 0.3 is 0 Å². The predicted octanol–water partition coefficient (Wildman–Crippen LogP) is 3.49. The molecule has 1 saturated heterocycles. The van der Waals surface area contributed by atoms with Crippen LogP contribution in [0.2, 0.25) is 0 Å². The zero-order valence-electron chi connectivity index (χ0n) is 14.5. The van der Waals surface area contributed by atoms with Crippen molar-refractivity contribution in [3.05, 3.63) is 53.8 Å². The second kappa shape index (κ2) is 7.69. The minimum Gasteiger partial charge on any atom is -0.492 e. The van der Waals surface area contributed by atoms with Gasteiger partial charge in [-0.25, -0.2) is 13.2 Å². The predicted molar refractivity (Wildman–Crippen MR) is 93.0 cm³/mol. The number of hydrogen-bond donors (Lipinski definition) is 1. The molecule has 2 aromatic rings. The van der Waals surface area contributed by atoms with Crippen LogP contribution in [0.5, 0.6) is 5.75 Å². The zero-order valence-corrected chi connectivity index (χ0v) is 14.5. The van der Waals surface area contributed by atoms with Crippen molar-refractivity contribution in [1.29, 1.82) is 0 Å². The topological polar surface area (TPSA) is 58.6 Å². The summed E-state index contributed by atoms with van der Waals surface area (Å²) < 4.78 is 46.0. The molecule has 0 radical (unpaired) electrons. The standard InChI is InChI=1S/C19H17F3N2O3/c1-2-27-15-6-4-3-5-13(15)23-19(26)11-9-16(25)24(10-11)14-8-7-12(20)17(21)18(14)22/h3-8,11H,2,9-10H2,1H3,(H,23,26). The van der Waals surface area contributed by atoms with Gasteiger partial charge in [-0.2, -0.15) is 0 Å². The highest BCUT2D eigenvalue weighted by Gasteiger charge is 2.37. The monoisotopic (exact) mass is 378 g/mol. The van der Waals surface area contributed by atoms with E-state index in [1.165, 1.54) is 0 Å². The number of nitrogens with zero attached hydrogens (tertiary/aromatic N) is 1. The Bertz CT molecular complexity index is 888. The fourth-order valence-corrected chi connectivity index (χ4v) is 2.93. The molecule has 27 heavy (non-hydrogen) atoms. The summed E-state index contributed by atoms with van der Waals surface area (Å²) in [5.74, 6) is -5.71. The van der Waals surface area contributed by atoms with Crippen molar-refractivity contribution in [3.8, 4) is 5.75 Å². The molecule has 1 N–H and O–H groups in total. The molecule has 3 rings (SSSR count). The molecule has 0 aromatic heterocycles. The van der Waals surface area contributed by atoms with Gasteiger partial charge in [0.2, 0.25) is 11.8 Å². The normalized spacial score (nSPS) is 16.5. The molecule has 0 spiro atoms. The van der Waals surface area contributed by atoms with E-state index in [0.717, 1.165) is 17.0 Å². The zero-order chi connectivity index (χ0) is 19.6. The molecular formula is C19H17F3N2O3. The van der Waals surface area contributed by atoms with Crippen LogP contribution in [0.3, 0.4) is 0 Å². The van der Waals surface area contributed by atoms with Crippen LogP contribution >= 0.6 is 0 Å². The van der Waals surface area contributed by atoms with Gasteiger partial charge in [-0.05, 0) is 31.2 Å². The maximum atomic E-state index is 14.0. The summed E-state index contributed by atoms with van der Waals surface area (Å²) in [5, 5.41) is 2.69. The van der Waals surface area contributed by atoms with Gasteiger partial charge in [-0.3, -0.25) is 9.59 Å². The van der Waals surface area contributed by atoms with Gasteiger partial charge in [0.05, 0.1) is 23.9 Å². The number of rotatable bonds is 5. The van der Waals surface area contributed by atoms with E-state index < -0.39 is 35.2 Å². The van der Waals surface area contributed by atoms with E-state index in [1.54, 1.807) is 24.3 Å². The lowest BCUT2D eigenvalue weighted by Gasteiger charge is -2.18. The largest absolute Gasteiger partial charge is 0.492 e. The molecule has 2 amide bonds. The summed E-state index contributed by atoms with van der Waals surface area (Å²) in [5.41, 5.74) is 0.0678. The number of nitrogens with one attached hydrogen (secondary N) is 1.